The van der Waals surface area contributed by atoms with Gasteiger partial charge in [0.2, 0.25) is 0 Å². The summed E-state index contributed by atoms with van der Waals surface area (Å²) < 4.78 is 12.6. The summed E-state index contributed by atoms with van der Waals surface area (Å²) >= 11 is 0. The zero-order valence-electron chi connectivity index (χ0n) is 21.6. The summed E-state index contributed by atoms with van der Waals surface area (Å²) in [6.45, 7) is 8.63. The number of amides is 2. The maximum Gasteiger partial charge on any atom is 0.407 e. The number of nitrogens with one attached hydrogen (secondary N) is 1. The van der Waals surface area contributed by atoms with Gasteiger partial charge in [0.25, 0.3) is 5.91 Å². The van der Waals surface area contributed by atoms with Gasteiger partial charge in [-0.3, -0.25) is 9.78 Å². The first kappa shape index (κ1) is 25.7. The van der Waals surface area contributed by atoms with Crippen LogP contribution < -0.4 is 5.32 Å². The number of pyridine rings is 1. The van der Waals surface area contributed by atoms with Crippen LogP contribution in [-0.2, 0) is 22.6 Å². The molecule has 0 atom stereocenters. The van der Waals surface area contributed by atoms with Crippen LogP contribution in [0.3, 0.4) is 0 Å². The van der Waals surface area contributed by atoms with E-state index in [0.29, 0.717) is 38.7 Å². The van der Waals surface area contributed by atoms with Crippen molar-refractivity contribution in [2.75, 3.05) is 26.8 Å². The predicted octanol–water partition coefficient (Wildman–Crippen LogP) is 4.73. The molecule has 0 spiro atoms. The SMILES string of the molecule is COCCn1cc(C(=O)N2CCC(c3cccc(CNC(=O)OC(C)(C)C)c3)CC2)c2ccncc21. The Hall–Kier alpha value is -3.39. The van der Waals surface area contributed by atoms with Gasteiger partial charge in [0.1, 0.15) is 5.60 Å². The van der Waals surface area contributed by atoms with Crippen molar-refractivity contribution in [1.82, 2.24) is 19.8 Å². The van der Waals surface area contributed by atoms with Gasteiger partial charge in [-0.2, -0.15) is 0 Å². The van der Waals surface area contributed by atoms with E-state index in [1.54, 1.807) is 19.5 Å². The monoisotopic (exact) mass is 492 g/mol. The van der Waals surface area contributed by atoms with Crippen molar-refractivity contribution in [3.05, 3.63) is 65.6 Å². The van der Waals surface area contributed by atoms with E-state index in [1.165, 1.54) is 5.56 Å². The number of alkyl carbamates (subject to hydrolysis) is 1. The van der Waals surface area contributed by atoms with Crippen LogP contribution in [0, 0.1) is 0 Å². The van der Waals surface area contributed by atoms with Crippen molar-refractivity contribution in [3.63, 3.8) is 0 Å². The number of aromatic nitrogens is 2. The zero-order valence-corrected chi connectivity index (χ0v) is 21.6. The maximum absolute atomic E-state index is 13.5. The summed E-state index contributed by atoms with van der Waals surface area (Å²) in [5.41, 5.74) is 3.43. The fourth-order valence-corrected chi connectivity index (χ4v) is 4.71. The van der Waals surface area contributed by atoms with Crippen LogP contribution in [0.25, 0.3) is 10.9 Å². The van der Waals surface area contributed by atoms with Gasteiger partial charge >= 0.3 is 6.09 Å². The second kappa shape index (κ2) is 11.1. The lowest BCUT2D eigenvalue weighted by Gasteiger charge is -2.32. The maximum atomic E-state index is 13.5. The third-order valence-corrected chi connectivity index (χ3v) is 6.49. The van der Waals surface area contributed by atoms with E-state index in [1.807, 2.05) is 54.6 Å². The minimum Gasteiger partial charge on any atom is -0.444 e. The normalized spacial score (nSPS) is 14.7. The van der Waals surface area contributed by atoms with Gasteiger partial charge in [0, 0.05) is 51.1 Å². The van der Waals surface area contributed by atoms with E-state index in [0.717, 1.165) is 34.9 Å². The zero-order chi connectivity index (χ0) is 25.7. The van der Waals surface area contributed by atoms with Crippen LogP contribution in [0.15, 0.2) is 48.9 Å². The summed E-state index contributed by atoms with van der Waals surface area (Å²) in [4.78, 5) is 31.6. The van der Waals surface area contributed by atoms with Crippen molar-refractivity contribution in [2.45, 2.75) is 58.2 Å². The Morgan fingerprint density at radius 1 is 1.17 bits per heavy atom. The minimum absolute atomic E-state index is 0.0659. The minimum atomic E-state index is -0.521. The molecule has 0 bridgehead atoms. The first-order chi connectivity index (χ1) is 17.2. The number of ether oxygens (including phenoxy) is 2. The average Bonchev–Trinajstić information content (AvgIpc) is 3.24. The molecule has 0 unspecified atom stereocenters. The third-order valence-electron chi connectivity index (χ3n) is 6.49. The number of methoxy groups -OCH3 is 1. The van der Waals surface area contributed by atoms with Crippen LogP contribution in [0.2, 0.25) is 0 Å². The number of rotatable bonds is 7. The molecule has 3 aromatic rings. The molecule has 2 aromatic heterocycles. The van der Waals surface area contributed by atoms with E-state index in [9.17, 15) is 9.59 Å². The number of fused-ring (bicyclic) bond motifs is 1. The Morgan fingerprint density at radius 2 is 1.94 bits per heavy atom. The predicted molar refractivity (Wildman–Crippen MR) is 139 cm³/mol. The second-order valence-corrected chi connectivity index (χ2v) is 10.3. The fourth-order valence-electron chi connectivity index (χ4n) is 4.71. The van der Waals surface area contributed by atoms with E-state index < -0.39 is 11.7 Å². The highest BCUT2D eigenvalue weighted by Gasteiger charge is 2.27. The lowest BCUT2D eigenvalue weighted by Crippen LogP contribution is -2.37. The van der Waals surface area contributed by atoms with Crippen LogP contribution in [0.1, 0.15) is 61.0 Å². The molecule has 1 aliphatic rings. The number of carbonyl (C=O) groups is 2. The Bertz CT molecular complexity index is 1210. The first-order valence-electron chi connectivity index (χ1n) is 12.5. The number of hydrogen-bond donors (Lipinski definition) is 1. The van der Waals surface area contributed by atoms with Crippen molar-refractivity contribution in [2.24, 2.45) is 0 Å². The molecule has 3 heterocycles. The van der Waals surface area contributed by atoms with Gasteiger partial charge in [-0.1, -0.05) is 24.3 Å². The van der Waals surface area contributed by atoms with Crippen molar-refractivity contribution in [1.29, 1.82) is 0 Å². The van der Waals surface area contributed by atoms with E-state index >= 15 is 0 Å². The molecule has 8 nitrogen and oxygen atoms in total. The highest BCUT2D eigenvalue weighted by Crippen LogP contribution is 2.30. The lowest BCUT2D eigenvalue weighted by molar-refractivity contribution is 0.0523. The fraction of sp³-hybridized carbons (Fsp3) is 0.464. The molecule has 8 heteroatoms. The molecule has 36 heavy (non-hydrogen) atoms. The van der Waals surface area contributed by atoms with Gasteiger partial charge < -0.3 is 24.3 Å². The Balaban J connectivity index is 1.38. The van der Waals surface area contributed by atoms with E-state index in [2.05, 4.69) is 22.4 Å². The third kappa shape index (κ3) is 6.23. The quantitative estimate of drug-likeness (QED) is 0.516. The molecule has 2 amide bonds. The summed E-state index contributed by atoms with van der Waals surface area (Å²) in [5.74, 6) is 0.443. The first-order valence-corrected chi connectivity index (χ1v) is 12.5. The molecule has 1 fully saturated rings. The van der Waals surface area contributed by atoms with Gasteiger partial charge in [0.15, 0.2) is 0 Å². The van der Waals surface area contributed by atoms with E-state index in [4.69, 9.17) is 9.47 Å². The summed E-state index contributed by atoms with van der Waals surface area (Å²) in [6, 6.07) is 10.2. The standard InChI is InChI=1S/C28H36N4O4/c1-28(2,3)36-27(34)30-17-20-6-5-7-22(16-20)21-9-12-31(13-10-21)26(33)24-19-32(14-15-35-4)25-18-29-11-8-23(24)25/h5-8,11,16,18-19,21H,9-10,12-15,17H2,1-4H3,(H,30,34). The van der Waals surface area contributed by atoms with E-state index in [-0.39, 0.29) is 5.91 Å². The van der Waals surface area contributed by atoms with Crippen LogP contribution in [0.5, 0.6) is 0 Å². The van der Waals surface area contributed by atoms with Gasteiger partial charge in [-0.25, -0.2) is 4.79 Å². The molecular weight excluding hydrogens is 456 g/mol. The van der Waals surface area contributed by atoms with Crippen molar-refractivity contribution in [3.8, 4) is 0 Å². The summed E-state index contributed by atoms with van der Waals surface area (Å²) in [5, 5.41) is 3.76. The molecule has 1 aromatic carbocycles. The van der Waals surface area contributed by atoms with Crippen molar-refractivity contribution < 1.29 is 19.1 Å². The number of carbonyl (C=O) groups excluding carboxylic acids is 2. The molecule has 0 saturated carbocycles. The molecule has 0 aliphatic carbocycles. The summed E-state index contributed by atoms with van der Waals surface area (Å²) in [7, 11) is 1.67. The average molecular weight is 493 g/mol. The number of benzene rings is 1. The van der Waals surface area contributed by atoms with Gasteiger partial charge in [-0.05, 0) is 56.7 Å². The van der Waals surface area contributed by atoms with Crippen molar-refractivity contribution >= 4 is 22.9 Å². The highest BCUT2D eigenvalue weighted by atomic mass is 16.6. The molecule has 1 N–H and O–H groups in total. The highest BCUT2D eigenvalue weighted by molar-refractivity contribution is 6.06. The topological polar surface area (TPSA) is 85.7 Å². The molecule has 4 rings (SSSR count). The summed E-state index contributed by atoms with van der Waals surface area (Å²) in [6.07, 6.45) is 6.85. The molecule has 1 saturated heterocycles. The molecule has 1 aliphatic heterocycles. The van der Waals surface area contributed by atoms with Crippen LogP contribution in [0.4, 0.5) is 4.79 Å². The second-order valence-electron chi connectivity index (χ2n) is 10.3. The number of hydrogen-bond acceptors (Lipinski definition) is 5. The van der Waals surface area contributed by atoms with Gasteiger partial charge in [0.05, 0.1) is 23.9 Å². The van der Waals surface area contributed by atoms with Gasteiger partial charge in [-0.15, -0.1) is 0 Å². The molecule has 192 valence electrons. The van der Waals surface area contributed by atoms with Crippen LogP contribution >= 0.6 is 0 Å². The molecular formula is C28H36N4O4. The number of piperidine rings is 1. The number of nitrogens with zero attached hydrogens (tertiary/aromatic N) is 3. The number of likely N-dealkylation sites (tertiary alicyclic amines) is 1. The Morgan fingerprint density at radius 3 is 2.67 bits per heavy atom. The molecule has 0 radical (unpaired) electrons. The largest absolute Gasteiger partial charge is 0.444 e. The lowest BCUT2D eigenvalue weighted by atomic mass is 9.88. The van der Waals surface area contributed by atoms with Crippen LogP contribution in [-0.4, -0.2) is 58.9 Å². The Kier molecular flexibility index (Phi) is 7.94. The smallest absolute Gasteiger partial charge is 0.407 e. The Labute approximate surface area is 212 Å².